The molecule has 3 N–H and O–H groups in total. The van der Waals surface area contributed by atoms with Gasteiger partial charge in [0.05, 0.1) is 0 Å². The lowest BCUT2D eigenvalue weighted by Gasteiger charge is -2.08. The fraction of sp³-hybridized carbons (Fsp3) is 0.500. The van der Waals surface area contributed by atoms with E-state index in [9.17, 15) is 0 Å². The Bertz CT molecular complexity index is 505. The SMILES string of the molecule is c1ccc(CCCNCCCNCCCNCCCc2ccccc2)cc1. The molecule has 2 aromatic carbocycles. The quantitative estimate of drug-likeness (QED) is 0.395. The third-order valence-electron chi connectivity index (χ3n) is 4.74. The lowest BCUT2D eigenvalue weighted by atomic mass is 10.1. The first-order valence-electron chi connectivity index (χ1n) is 10.6. The van der Waals surface area contributed by atoms with Crippen molar-refractivity contribution in [2.24, 2.45) is 0 Å². The Morgan fingerprint density at radius 3 is 1.11 bits per heavy atom. The average molecular weight is 368 g/mol. The van der Waals surface area contributed by atoms with Crippen molar-refractivity contribution in [3.8, 4) is 0 Å². The van der Waals surface area contributed by atoms with Crippen LogP contribution in [0.4, 0.5) is 0 Å². The number of nitrogens with one attached hydrogen (secondary N) is 3. The molecule has 3 heteroatoms. The molecule has 0 fully saturated rings. The minimum atomic E-state index is 1.11. The molecular weight excluding hydrogens is 330 g/mol. The van der Waals surface area contributed by atoms with Crippen LogP contribution in [-0.2, 0) is 12.8 Å². The zero-order valence-electron chi connectivity index (χ0n) is 16.8. The normalized spacial score (nSPS) is 11.0. The van der Waals surface area contributed by atoms with Crippen molar-refractivity contribution in [3.05, 3.63) is 71.8 Å². The lowest BCUT2D eigenvalue weighted by molar-refractivity contribution is 0.557. The van der Waals surface area contributed by atoms with Crippen LogP contribution in [0.25, 0.3) is 0 Å². The van der Waals surface area contributed by atoms with Gasteiger partial charge in [0.15, 0.2) is 0 Å². The van der Waals surface area contributed by atoms with Crippen molar-refractivity contribution in [2.45, 2.75) is 38.5 Å². The smallest absolute Gasteiger partial charge is 0.00368 e. The van der Waals surface area contributed by atoms with Gasteiger partial charge in [-0.05, 0) is 88.9 Å². The second-order valence-corrected chi connectivity index (χ2v) is 7.14. The van der Waals surface area contributed by atoms with E-state index >= 15 is 0 Å². The minimum Gasteiger partial charge on any atom is -0.317 e. The summed E-state index contributed by atoms with van der Waals surface area (Å²) in [6, 6.07) is 21.5. The Morgan fingerprint density at radius 2 is 0.741 bits per heavy atom. The molecule has 0 aliphatic carbocycles. The Balaban J connectivity index is 1.26. The molecule has 0 spiro atoms. The second kappa shape index (κ2) is 15.4. The Morgan fingerprint density at radius 1 is 0.407 bits per heavy atom. The molecule has 2 rings (SSSR count). The van der Waals surface area contributed by atoms with Gasteiger partial charge in [-0.3, -0.25) is 0 Å². The van der Waals surface area contributed by atoms with Gasteiger partial charge in [0.25, 0.3) is 0 Å². The first kappa shape index (κ1) is 21.6. The molecule has 0 aliphatic heterocycles. The molecule has 0 heterocycles. The minimum absolute atomic E-state index is 1.11. The number of aryl methyl sites for hydroxylation is 2. The highest BCUT2D eigenvalue weighted by Crippen LogP contribution is 2.02. The second-order valence-electron chi connectivity index (χ2n) is 7.14. The predicted octanol–water partition coefficient (Wildman–Crippen LogP) is 3.80. The molecular formula is C24H37N3. The summed E-state index contributed by atoms with van der Waals surface area (Å²) in [6.45, 7) is 6.67. The van der Waals surface area contributed by atoms with E-state index < -0.39 is 0 Å². The van der Waals surface area contributed by atoms with Gasteiger partial charge in [0.1, 0.15) is 0 Å². The van der Waals surface area contributed by atoms with Gasteiger partial charge in [-0.25, -0.2) is 0 Å². The van der Waals surface area contributed by atoms with E-state index in [1.165, 1.54) is 49.7 Å². The number of rotatable bonds is 16. The fourth-order valence-electron chi connectivity index (χ4n) is 3.18. The summed E-state index contributed by atoms with van der Waals surface area (Å²) in [5.41, 5.74) is 2.88. The molecule has 0 bridgehead atoms. The van der Waals surface area contributed by atoms with Crippen molar-refractivity contribution in [3.63, 3.8) is 0 Å². The Kier molecular flexibility index (Phi) is 12.3. The molecule has 27 heavy (non-hydrogen) atoms. The summed E-state index contributed by atoms with van der Waals surface area (Å²) in [5, 5.41) is 10.6. The molecule has 3 nitrogen and oxygen atoms in total. The summed E-state index contributed by atoms with van der Waals surface area (Å²) in [6.07, 6.45) is 7.18. The van der Waals surface area contributed by atoms with Crippen molar-refractivity contribution in [1.29, 1.82) is 0 Å². The molecule has 0 saturated carbocycles. The maximum atomic E-state index is 3.54. The van der Waals surface area contributed by atoms with Crippen LogP contribution in [0.1, 0.15) is 36.8 Å². The van der Waals surface area contributed by atoms with Crippen LogP contribution < -0.4 is 16.0 Å². The van der Waals surface area contributed by atoms with Crippen LogP contribution in [0.15, 0.2) is 60.7 Å². The summed E-state index contributed by atoms with van der Waals surface area (Å²) in [4.78, 5) is 0. The van der Waals surface area contributed by atoms with E-state index in [1.807, 2.05) is 0 Å². The third kappa shape index (κ3) is 11.6. The Hall–Kier alpha value is -1.68. The molecule has 148 valence electrons. The lowest BCUT2D eigenvalue weighted by Crippen LogP contribution is -2.26. The van der Waals surface area contributed by atoms with E-state index in [1.54, 1.807) is 0 Å². The van der Waals surface area contributed by atoms with Gasteiger partial charge in [-0.1, -0.05) is 60.7 Å². The largest absolute Gasteiger partial charge is 0.317 e. The zero-order chi connectivity index (χ0) is 18.8. The number of benzene rings is 2. The first-order valence-corrected chi connectivity index (χ1v) is 10.6. The van der Waals surface area contributed by atoms with E-state index in [4.69, 9.17) is 0 Å². The van der Waals surface area contributed by atoms with Crippen molar-refractivity contribution in [2.75, 3.05) is 39.3 Å². The zero-order valence-corrected chi connectivity index (χ0v) is 16.8. The van der Waals surface area contributed by atoms with Crippen LogP contribution in [0.5, 0.6) is 0 Å². The summed E-state index contributed by atoms with van der Waals surface area (Å²) in [7, 11) is 0. The van der Waals surface area contributed by atoms with Gasteiger partial charge in [0, 0.05) is 0 Å². The molecule has 0 amide bonds. The maximum absolute atomic E-state index is 3.54. The summed E-state index contributed by atoms with van der Waals surface area (Å²) >= 11 is 0. The highest BCUT2D eigenvalue weighted by Gasteiger charge is 1.94. The van der Waals surface area contributed by atoms with Crippen molar-refractivity contribution < 1.29 is 0 Å². The van der Waals surface area contributed by atoms with Crippen molar-refractivity contribution >= 4 is 0 Å². The Labute approximate surface area is 166 Å². The first-order chi connectivity index (χ1) is 13.4. The topological polar surface area (TPSA) is 36.1 Å². The molecule has 0 radical (unpaired) electrons. The van der Waals surface area contributed by atoms with Crippen LogP contribution in [-0.4, -0.2) is 39.3 Å². The fourth-order valence-corrected chi connectivity index (χ4v) is 3.18. The number of hydrogen-bond donors (Lipinski definition) is 3. The van der Waals surface area contributed by atoms with E-state index in [-0.39, 0.29) is 0 Å². The van der Waals surface area contributed by atoms with E-state index in [0.29, 0.717) is 0 Å². The molecule has 0 atom stereocenters. The highest BCUT2D eigenvalue weighted by molar-refractivity contribution is 5.15. The van der Waals surface area contributed by atoms with Crippen LogP contribution >= 0.6 is 0 Å². The molecule has 0 aromatic heterocycles. The summed E-state index contributed by atoms with van der Waals surface area (Å²) < 4.78 is 0. The van der Waals surface area contributed by atoms with E-state index in [2.05, 4.69) is 76.6 Å². The van der Waals surface area contributed by atoms with Gasteiger partial charge in [-0.2, -0.15) is 0 Å². The van der Waals surface area contributed by atoms with Gasteiger partial charge < -0.3 is 16.0 Å². The monoisotopic (exact) mass is 367 g/mol. The average Bonchev–Trinajstić information content (AvgIpc) is 2.72. The predicted molar refractivity (Wildman–Crippen MR) is 117 cm³/mol. The summed E-state index contributed by atoms with van der Waals surface area (Å²) in [5.74, 6) is 0. The maximum Gasteiger partial charge on any atom is -0.00368 e. The molecule has 2 aromatic rings. The highest BCUT2D eigenvalue weighted by atomic mass is 14.9. The van der Waals surface area contributed by atoms with Gasteiger partial charge >= 0.3 is 0 Å². The van der Waals surface area contributed by atoms with Gasteiger partial charge in [0.2, 0.25) is 0 Å². The van der Waals surface area contributed by atoms with Gasteiger partial charge in [-0.15, -0.1) is 0 Å². The van der Waals surface area contributed by atoms with E-state index in [0.717, 1.165) is 39.3 Å². The number of hydrogen-bond acceptors (Lipinski definition) is 3. The van der Waals surface area contributed by atoms with Crippen LogP contribution in [0.3, 0.4) is 0 Å². The molecule has 0 aliphatic rings. The third-order valence-corrected chi connectivity index (χ3v) is 4.74. The molecule has 0 saturated heterocycles. The van der Waals surface area contributed by atoms with Crippen molar-refractivity contribution in [1.82, 2.24) is 16.0 Å². The standard InChI is InChI=1S/C24H37N3/c1-3-11-23(12-4-1)15-7-17-25-19-9-21-27-22-10-20-26-18-8-16-24-13-5-2-6-14-24/h1-6,11-14,25-27H,7-10,15-22H2. The molecule has 0 unspecified atom stereocenters. The van der Waals surface area contributed by atoms with Crippen LogP contribution in [0, 0.1) is 0 Å². The van der Waals surface area contributed by atoms with Crippen LogP contribution in [0.2, 0.25) is 0 Å².